The molecule has 3 aromatic rings. The van der Waals surface area contributed by atoms with Crippen molar-refractivity contribution in [2.75, 3.05) is 0 Å². The Morgan fingerprint density at radius 3 is 2.45 bits per heavy atom. The molecule has 2 aromatic carbocycles. The lowest BCUT2D eigenvalue weighted by Crippen LogP contribution is -2.30. The Kier molecular flexibility index (Phi) is 5.76. The van der Waals surface area contributed by atoms with Crippen LogP contribution in [0.4, 0.5) is 4.39 Å². The van der Waals surface area contributed by atoms with E-state index in [-0.39, 0.29) is 33.3 Å². The molecule has 0 bridgehead atoms. The summed E-state index contributed by atoms with van der Waals surface area (Å²) >= 11 is 12.0. The van der Waals surface area contributed by atoms with Gasteiger partial charge in [-0.1, -0.05) is 47.5 Å². The van der Waals surface area contributed by atoms with E-state index in [4.69, 9.17) is 23.2 Å². The average molecular weight is 457 g/mol. The van der Waals surface area contributed by atoms with E-state index in [2.05, 4.69) is 4.98 Å². The maximum atomic E-state index is 14.8. The summed E-state index contributed by atoms with van der Waals surface area (Å²) in [5.41, 5.74) is 0.551. The van der Waals surface area contributed by atoms with Crippen molar-refractivity contribution in [2.24, 2.45) is 0 Å². The molecule has 0 radical (unpaired) electrons. The molecule has 2 heterocycles. The van der Waals surface area contributed by atoms with Gasteiger partial charge in [0.15, 0.2) is 0 Å². The Bertz CT molecular complexity index is 1210. The van der Waals surface area contributed by atoms with Gasteiger partial charge in [-0.15, -0.1) is 0 Å². The van der Waals surface area contributed by atoms with Gasteiger partial charge in [-0.25, -0.2) is 4.39 Å². The molecule has 1 N–H and O–H groups in total. The molecule has 5 nitrogen and oxygen atoms in total. The lowest BCUT2D eigenvalue weighted by atomic mass is 9.95. The molecule has 0 spiro atoms. The van der Waals surface area contributed by atoms with Crippen molar-refractivity contribution in [3.8, 4) is 0 Å². The van der Waals surface area contributed by atoms with Crippen LogP contribution in [-0.2, 0) is 16.1 Å². The summed E-state index contributed by atoms with van der Waals surface area (Å²) in [4.78, 5) is 31.3. The number of carbonyl (C=O) groups is 2. The molecule has 1 atom stereocenters. The zero-order chi connectivity index (χ0) is 22.1. The molecule has 1 fully saturated rings. The Morgan fingerprint density at radius 1 is 1.03 bits per heavy atom. The standard InChI is InChI=1S/C23H15Cl2FN2O3/c24-16-9-8-13(11-17(16)25)21(29)19-20(15-6-1-2-7-18(15)26)28(23(31)22(19)30)12-14-5-3-4-10-27-14/h1-11,20,29H,12H2/b21-19+. The number of Topliss-reactive ketones (excluding diaryl/α,β-unsaturated/α-hetero) is 1. The molecule has 0 aliphatic carbocycles. The third-order valence-corrected chi connectivity index (χ3v) is 5.73. The van der Waals surface area contributed by atoms with Crippen LogP contribution in [0.25, 0.3) is 5.76 Å². The van der Waals surface area contributed by atoms with Gasteiger partial charge < -0.3 is 10.0 Å². The van der Waals surface area contributed by atoms with E-state index in [9.17, 15) is 19.1 Å². The second-order valence-corrected chi connectivity index (χ2v) is 7.71. The van der Waals surface area contributed by atoms with E-state index in [1.807, 2.05) is 0 Å². The van der Waals surface area contributed by atoms with Crippen LogP contribution in [0.1, 0.15) is 22.9 Å². The zero-order valence-electron chi connectivity index (χ0n) is 15.9. The molecule has 31 heavy (non-hydrogen) atoms. The molecule has 4 rings (SSSR count). The predicted molar refractivity (Wildman–Crippen MR) is 115 cm³/mol. The van der Waals surface area contributed by atoms with Gasteiger partial charge in [0.05, 0.1) is 33.9 Å². The normalized spacial score (nSPS) is 17.9. The van der Waals surface area contributed by atoms with Crippen LogP contribution < -0.4 is 0 Å². The molecule has 1 aromatic heterocycles. The van der Waals surface area contributed by atoms with Crippen molar-refractivity contribution in [1.29, 1.82) is 0 Å². The second-order valence-electron chi connectivity index (χ2n) is 6.90. The molecule has 1 saturated heterocycles. The zero-order valence-corrected chi connectivity index (χ0v) is 17.4. The molecule has 8 heteroatoms. The van der Waals surface area contributed by atoms with E-state index < -0.39 is 29.3 Å². The first-order valence-corrected chi connectivity index (χ1v) is 10.0. The number of hydrogen-bond acceptors (Lipinski definition) is 4. The number of carbonyl (C=O) groups excluding carboxylic acids is 2. The number of nitrogens with zero attached hydrogens (tertiary/aromatic N) is 2. The number of rotatable bonds is 4. The van der Waals surface area contributed by atoms with Crippen molar-refractivity contribution in [3.63, 3.8) is 0 Å². The number of ketones is 1. The van der Waals surface area contributed by atoms with Crippen molar-refractivity contribution in [2.45, 2.75) is 12.6 Å². The largest absolute Gasteiger partial charge is 0.507 e. The molecule has 1 aliphatic rings. The van der Waals surface area contributed by atoms with Crippen LogP contribution >= 0.6 is 23.2 Å². The number of aliphatic hydroxyl groups is 1. The number of halogens is 3. The molecule has 1 amide bonds. The van der Waals surface area contributed by atoms with Crippen molar-refractivity contribution < 1.29 is 19.1 Å². The average Bonchev–Trinajstić information content (AvgIpc) is 3.01. The van der Waals surface area contributed by atoms with Crippen LogP contribution in [-0.4, -0.2) is 26.7 Å². The van der Waals surface area contributed by atoms with Crippen molar-refractivity contribution >= 4 is 40.7 Å². The molecule has 0 saturated carbocycles. The van der Waals surface area contributed by atoms with Gasteiger partial charge in [-0.05, 0) is 36.4 Å². The summed E-state index contributed by atoms with van der Waals surface area (Å²) in [6.07, 6.45) is 1.56. The highest BCUT2D eigenvalue weighted by atomic mass is 35.5. The third-order valence-electron chi connectivity index (χ3n) is 4.99. The highest BCUT2D eigenvalue weighted by molar-refractivity contribution is 6.46. The highest BCUT2D eigenvalue weighted by Gasteiger charge is 2.47. The van der Waals surface area contributed by atoms with Crippen molar-refractivity contribution in [1.82, 2.24) is 9.88 Å². The van der Waals surface area contributed by atoms with Gasteiger partial charge in [0.2, 0.25) is 0 Å². The Labute approximate surface area is 187 Å². The summed E-state index contributed by atoms with van der Waals surface area (Å²) in [5.74, 6) is -2.86. The first-order valence-electron chi connectivity index (χ1n) is 9.26. The fraction of sp³-hybridized carbons (Fsp3) is 0.0870. The van der Waals surface area contributed by atoms with Gasteiger partial charge in [-0.3, -0.25) is 14.6 Å². The van der Waals surface area contributed by atoms with E-state index in [0.717, 1.165) is 0 Å². The van der Waals surface area contributed by atoms with Crippen LogP contribution in [0.5, 0.6) is 0 Å². The fourth-order valence-corrected chi connectivity index (χ4v) is 3.83. The second kappa shape index (κ2) is 8.49. The lowest BCUT2D eigenvalue weighted by Gasteiger charge is -2.25. The number of aromatic nitrogens is 1. The number of benzene rings is 2. The number of aliphatic hydroxyl groups excluding tert-OH is 1. The maximum absolute atomic E-state index is 14.8. The van der Waals surface area contributed by atoms with Gasteiger partial charge in [0, 0.05) is 17.3 Å². The smallest absolute Gasteiger partial charge is 0.296 e. The molecular formula is C23H15Cl2FN2O3. The SMILES string of the molecule is O=C1C(=O)N(Cc2ccccn2)C(c2ccccc2F)/C1=C(\O)c1ccc(Cl)c(Cl)c1. The minimum absolute atomic E-state index is 0.0391. The Hall–Kier alpha value is -3.22. The van der Waals surface area contributed by atoms with Crippen LogP contribution in [0, 0.1) is 5.82 Å². The van der Waals surface area contributed by atoms with E-state index in [1.165, 1.54) is 41.3 Å². The topological polar surface area (TPSA) is 70.5 Å². The third kappa shape index (κ3) is 3.92. The lowest BCUT2D eigenvalue weighted by molar-refractivity contribution is -0.140. The number of hydrogen-bond donors (Lipinski definition) is 1. The summed E-state index contributed by atoms with van der Waals surface area (Å²) in [6, 6.07) is 14.1. The summed E-state index contributed by atoms with van der Waals surface area (Å²) in [7, 11) is 0. The van der Waals surface area contributed by atoms with Crippen molar-refractivity contribution in [3.05, 3.63) is 105 Å². The molecular weight excluding hydrogens is 442 g/mol. The van der Waals surface area contributed by atoms with Crippen LogP contribution in [0.3, 0.4) is 0 Å². The minimum Gasteiger partial charge on any atom is -0.507 e. The van der Waals surface area contributed by atoms with Crippen LogP contribution in [0.2, 0.25) is 10.0 Å². The quantitative estimate of drug-likeness (QED) is 0.334. The monoisotopic (exact) mass is 456 g/mol. The maximum Gasteiger partial charge on any atom is 0.296 e. The van der Waals surface area contributed by atoms with Gasteiger partial charge >= 0.3 is 0 Å². The Morgan fingerprint density at radius 2 is 1.77 bits per heavy atom. The van der Waals surface area contributed by atoms with E-state index in [0.29, 0.717) is 5.69 Å². The number of pyridine rings is 1. The summed E-state index contributed by atoms with van der Waals surface area (Å²) in [5, 5.41) is 11.4. The van der Waals surface area contributed by atoms with Gasteiger partial charge in [0.1, 0.15) is 11.6 Å². The van der Waals surface area contributed by atoms with Crippen LogP contribution in [0.15, 0.2) is 72.4 Å². The first-order chi connectivity index (χ1) is 14.9. The fourth-order valence-electron chi connectivity index (χ4n) is 3.53. The molecule has 1 unspecified atom stereocenters. The van der Waals surface area contributed by atoms with E-state index >= 15 is 0 Å². The highest BCUT2D eigenvalue weighted by Crippen LogP contribution is 2.41. The predicted octanol–water partition coefficient (Wildman–Crippen LogP) is 5.15. The first kappa shape index (κ1) is 21.0. The van der Waals surface area contributed by atoms with E-state index in [1.54, 1.807) is 30.5 Å². The molecule has 1 aliphatic heterocycles. The van der Waals surface area contributed by atoms with Gasteiger partial charge in [0.25, 0.3) is 11.7 Å². The Balaban J connectivity index is 1.90. The number of amides is 1. The van der Waals surface area contributed by atoms with Gasteiger partial charge in [-0.2, -0.15) is 0 Å². The summed E-state index contributed by atoms with van der Waals surface area (Å²) < 4.78 is 14.8. The number of likely N-dealkylation sites (tertiary alicyclic amines) is 1. The minimum atomic E-state index is -1.14. The molecule has 156 valence electrons. The summed E-state index contributed by atoms with van der Waals surface area (Å²) in [6.45, 7) is -0.0391.